The van der Waals surface area contributed by atoms with E-state index >= 15 is 0 Å². The van der Waals surface area contributed by atoms with Crippen LogP contribution in [0, 0.1) is 10.1 Å². The second kappa shape index (κ2) is 8.02. The van der Waals surface area contributed by atoms with Gasteiger partial charge in [-0.3, -0.25) is 24.6 Å². The number of ether oxygens (including phenoxy) is 1. The molecule has 0 spiro atoms. The lowest BCUT2D eigenvalue weighted by Crippen LogP contribution is -2.34. The number of esters is 1. The first-order chi connectivity index (χ1) is 11.4. The average Bonchev–Trinajstić information content (AvgIpc) is 2.81. The summed E-state index contributed by atoms with van der Waals surface area (Å²) in [5, 5.41) is 11.0. The third kappa shape index (κ3) is 4.18. The van der Waals surface area contributed by atoms with E-state index in [1.165, 1.54) is 12.1 Å². The Morgan fingerprint density at radius 2 is 2.17 bits per heavy atom. The minimum atomic E-state index is -0.542. The van der Waals surface area contributed by atoms with Gasteiger partial charge < -0.3 is 4.74 Å². The number of para-hydroxylation sites is 1. The number of nitrogens with zero attached hydrogens (tertiary/aromatic N) is 2. The lowest BCUT2D eigenvalue weighted by molar-refractivity contribution is -0.385. The summed E-state index contributed by atoms with van der Waals surface area (Å²) in [6.45, 7) is 1.88. The highest BCUT2D eigenvalue weighted by molar-refractivity contribution is 8.26. The molecule has 1 saturated heterocycles. The molecule has 1 aromatic rings. The van der Waals surface area contributed by atoms with Crippen LogP contribution in [0.5, 0.6) is 0 Å². The number of nitro groups is 1. The van der Waals surface area contributed by atoms with E-state index in [9.17, 15) is 19.7 Å². The van der Waals surface area contributed by atoms with Crippen LogP contribution >= 0.6 is 24.0 Å². The number of thiocarbonyl (C=S) groups is 1. The van der Waals surface area contributed by atoms with Crippen molar-refractivity contribution in [3.63, 3.8) is 0 Å². The Balaban J connectivity index is 2.19. The second-order valence-corrected chi connectivity index (χ2v) is 6.48. The molecule has 0 saturated carbocycles. The van der Waals surface area contributed by atoms with E-state index in [4.69, 9.17) is 17.0 Å². The standard InChI is InChI=1S/C15H14N2O5S2/c1-2-7-22-13(18)9-16-14(19)12(24-15(16)23)8-10-5-3-4-6-11(10)17(20)21/h3-6,8H,2,7,9H2,1H3. The molecule has 0 radical (unpaired) electrons. The molecule has 1 heterocycles. The largest absolute Gasteiger partial charge is 0.464 e. The molecule has 9 heteroatoms. The molecule has 2 rings (SSSR count). The van der Waals surface area contributed by atoms with Gasteiger partial charge in [-0.15, -0.1) is 0 Å². The molecule has 7 nitrogen and oxygen atoms in total. The Hall–Kier alpha value is -2.26. The van der Waals surface area contributed by atoms with Crippen molar-refractivity contribution in [1.82, 2.24) is 4.90 Å². The van der Waals surface area contributed by atoms with Crippen molar-refractivity contribution in [2.75, 3.05) is 13.2 Å². The van der Waals surface area contributed by atoms with Gasteiger partial charge in [0.2, 0.25) is 0 Å². The monoisotopic (exact) mass is 366 g/mol. The summed E-state index contributed by atoms with van der Waals surface area (Å²) in [5.74, 6) is -1.00. The van der Waals surface area contributed by atoms with Crippen molar-refractivity contribution in [2.45, 2.75) is 13.3 Å². The molecule has 0 atom stereocenters. The fourth-order valence-corrected chi connectivity index (χ4v) is 3.19. The van der Waals surface area contributed by atoms with Crippen LogP contribution in [-0.2, 0) is 14.3 Å². The zero-order valence-electron chi connectivity index (χ0n) is 12.8. The molecular weight excluding hydrogens is 352 g/mol. The van der Waals surface area contributed by atoms with Crippen LogP contribution in [-0.4, -0.2) is 39.2 Å². The van der Waals surface area contributed by atoms with Gasteiger partial charge in [0.25, 0.3) is 11.6 Å². The zero-order chi connectivity index (χ0) is 17.7. The molecule has 0 unspecified atom stereocenters. The summed E-state index contributed by atoms with van der Waals surface area (Å²) in [7, 11) is 0. The van der Waals surface area contributed by atoms with Gasteiger partial charge in [0, 0.05) is 6.07 Å². The molecule has 0 aromatic heterocycles. The van der Waals surface area contributed by atoms with E-state index < -0.39 is 16.8 Å². The number of hydrogen-bond acceptors (Lipinski definition) is 7. The third-order valence-electron chi connectivity index (χ3n) is 3.05. The highest BCUT2D eigenvalue weighted by atomic mass is 32.2. The van der Waals surface area contributed by atoms with Crippen molar-refractivity contribution >= 4 is 51.9 Å². The number of hydrogen-bond donors (Lipinski definition) is 0. The van der Waals surface area contributed by atoms with Gasteiger partial charge in [0.1, 0.15) is 10.9 Å². The maximum Gasteiger partial charge on any atom is 0.326 e. The van der Waals surface area contributed by atoms with Gasteiger partial charge in [-0.2, -0.15) is 0 Å². The topological polar surface area (TPSA) is 89.8 Å². The summed E-state index contributed by atoms with van der Waals surface area (Å²) in [6.07, 6.45) is 2.09. The molecule has 1 aromatic carbocycles. The molecule has 24 heavy (non-hydrogen) atoms. The predicted molar refractivity (Wildman–Crippen MR) is 94.2 cm³/mol. The van der Waals surface area contributed by atoms with Gasteiger partial charge in [-0.05, 0) is 18.6 Å². The first kappa shape index (κ1) is 18.1. The van der Waals surface area contributed by atoms with Gasteiger partial charge in [-0.1, -0.05) is 43.0 Å². The number of thioether (sulfide) groups is 1. The molecule has 0 N–H and O–H groups in total. The molecule has 126 valence electrons. The maximum absolute atomic E-state index is 12.4. The van der Waals surface area contributed by atoms with Gasteiger partial charge in [-0.25, -0.2) is 0 Å². The van der Waals surface area contributed by atoms with Crippen LogP contribution in [0.25, 0.3) is 6.08 Å². The minimum absolute atomic E-state index is 0.106. The molecule has 1 fully saturated rings. The van der Waals surface area contributed by atoms with Crippen molar-refractivity contribution < 1.29 is 19.2 Å². The quantitative estimate of drug-likeness (QED) is 0.251. The molecule has 0 aliphatic carbocycles. The van der Waals surface area contributed by atoms with E-state index in [2.05, 4.69) is 0 Å². The Morgan fingerprint density at radius 1 is 1.46 bits per heavy atom. The van der Waals surface area contributed by atoms with E-state index in [-0.39, 0.29) is 28.1 Å². The van der Waals surface area contributed by atoms with Crippen LogP contribution in [0.2, 0.25) is 0 Å². The normalized spacial score (nSPS) is 15.9. The van der Waals surface area contributed by atoms with Crippen LogP contribution in [0.15, 0.2) is 29.2 Å². The van der Waals surface area contributed by atoms with Crippen molar-refractivity contribution in [3.8, 4) is 0 Å². The van der Waals surface area contributed by atoms with Crippen LogP contribution in [0.3, 0.4) is 0 Å². The Morgan fingerprint density at radius 3 is 2.83 bits per heavy atom. The summed E-state index contributed by atoms with van der Waals surface area (Å²) in [6, 6.07) is 6.08. The summed E-state index contributed by atoms with van der Waals surface area (Å²) in [4.78, 5) is 35.9. The fraction of sp³-hybridized carbons (Fsp3) is 0.267. The first-order valence-electron chi connectivity index (χ1n) is 7.08. The highest BCUT2D eigenvalue weighted by Gasteiger charge is 2.34. The van der Waals surface area contributed by atoms with Crippen LogP contribution < -0.4 is 0 Å². The second-order valence-electron chi connectivity index (χ2n) is 4.80. The minimum Gasteiger partial charge on any atom is -0.464 e. The number of rotatable bonds is 6. The van der Waals surface area contributed by atoms with Crippen LogP contribution in [0.4, 0.5) is 5.69 Å². The van der Waals surface area contributed by atoms with Crippen molar-refractivity contribution in [2.24, 2.45) is 0 Å². The lowest BCUT2D eigenvalue weighted by atomic mass is 10.1. The van der Waals surface area contributed by atoms with E-state index in [1.54, 1.807) is 18.2 Å². The highest BCUT2D eigenvalue weighted by Crippen LogP contribution is 2.34. The number of carbonyl (C=O) groups is 2. The number of nitro benzene ring substituents is 1. The van der Waals surface area contributed by atoms with E-state index in [1.807, 2.05) is 6.92 Å². The average molecular weight is 366 g/mol. The number of carbonyl (C=O) groups excluding carboxylic acids is 2. The zero-order valence-corrected chi connectivity index (χ0v) is 14.4. The summed E-state index contributed by atoms with van der Waals surface area (Å²) < 4.78 is 5.16. The molecule has 1 aliphatic heterocycles. The van der Waals surface area contributed by atoms with Crippen molar-refractivity contribution in [1.29, 1.82) is 0 Å². The fourth-order valence-electron chi connectivity index (χ4n) is 1.94. The van der Waals surface area contributed by atoms with Crippen LogP contribution in [0.1, 0.15) is 18.9 Å². The Kier molecular flexibility index (Phi) is 6.04. The van der Waals surface area contributed by atoms with Gasteiger partial charge in [0.05, 0.1) is 22.0 Å². The SMILES string of the molecule is CCCOC(=O)CN1C(=O)C(=Cc2ccccc2[N+](=O)[O-])SC1=S. The Labute approximate surface area is 147 Å². The maximum atomic E-state index is 12.4. The molecular formula is C15H14N2O5S2. The summed E-state index contributed by atoms with van der Waals surface area (Å²) in [5.41, 5.74) is 0.196. The predicted octanol–water partition coefficient (Wildman–Crippen LogP) is 2.75. The lowest BCUT2D eigenvalue weighted by Gasteiger charge is -2.13. The number of amides is 1. The molecule has 1 amide bonds. The van der Waals surface area contributed by atoms with E-state index in [0.717, 1.165) is 16.7 Å². The van der Waals surface area contributed by atoms with Gasteiger partial charge in [0.15, 0.2) is 0 Å². The third-order valence-corrected chi connectivity index (χ3v) is 4.43. The molecule has 1 aliphatic rings. The number of benzene rings is 1. The Bertz CT molecular complexity index is 732. The molecule has 0 bridgehead atoms. The van der Waals surface area contributed by atoms with Crippen molar-refractivity contribution in [3.05, 3.63) is 44.8 Å². The summed E-state index contributed by atoms with van der Waals surface area (Å²) >= 11 is 6.11. The first-order valence-corrected chi connectivity index (χ1v) is 8.31. The smallest absolute Gasteiger partial charge is 0.326 e. The van der Waals surface area contributed by atoms with Gasteiger partial charge >= 0.3 is 5.97 Å². The van der Waals surface area contributed by atoms with E-state index in [0.29, 0.717) is 12.0 Å².